The number of benzene rings is 1. The van der Waals surface area contributed by atoms with Crippen LogP contribution in [-0.4, -0.2) is 31.5 Å². The first-order chi connectivity index (χ1) is 10.6. The van der Waals surface area contributed by atoms with Crippen molar-refractivity contribution < 1.29 is 8.42 Å². The molecule has 0 unspecified atom stereocenters. The Bertz CT molecular complexity index is 759. The summed E-state index contributed by atoms with van der Waals surface area (Å²) in [6.45, 7) is 1.89. The third-order valence-electron chi connectivity index (χ3n) is 3.41. The van der Waals surface area contributed by atoms with E-state index in [1.165, 1.54) is 18.5 Å². The van der Waals surface area contributed by atoms with E-state index < -0.39 is 10.0 Å². The normalized spacial score (nSPS) is 15.0. The SMILES string of the molecule is O=S(=O)(Nc1cnc(N2CCCC2)nc1)c1ccccc1Br. The third-order valence-corrected chi connectivity index (χ3v) is 5.80. The van der Waals surface area contributed by atoms with E-state index in [-0.39, 0.29) is 4.90 Å². The zero-order valence-corrected chi connectivity index (χ0v) is 14.1. The molecule has 6 nitrogen and oxygen atoms in total. The van der Waals surface area contributed by atoms with Crippen molar-refractivity contribution in [2.75, 3.05) is 22.7 Å². The van der Waals surface area contributed by atoms with Gasteiger partial charge in [0.05, 0.1) is 18.1 Å². The minimum Gasteiger partial charge on any atom is -0.341 e. The lowest BCUT2D eigenvalue weighted by molar-refractivity contribution is 0.600. The molecule has 1 fully saturated rings. The van der Waals surface area contributed by atoms with Crippen LogP contribution in [0.15, 0.2) is 46.0 Å². The Labute approximate surface area is 137 Å². The van der Waals surface area contributed by atoms with Crippen LogP contribution < -0.4 is 9.62 Å². The van der Waals surface area contributed by atoms with Gasteiger partial charge < -0.3 is 4.90 Å². The Kier molecular flexibility index (Phi) is 4.30. The van der Waals surface area contributed by atoms with Crippen molar-refractivity contribution >= 4 is 37.6 Å². The highest BCUT2D eigenvalue weighted by molar-refractivity contribution is 9.10. The molecule has 2 aromatic rings. The molecule has 0 atom stereocenters. The standard InChI is InChI=1S/C14H15BrN4O2S/c15-12-5-1-2-6-13(12)22(20,21)18-11-9-16-14(17-10-11)19-7-3-4-8-19/h1-2,5-6,9-10,18H,3-4,7-8H2. The largest absolute Gasteiger partial charge is 0.341 e. The second kappa shape index (κ2) is 6.21. The topological polar surface area (TPSA) is 75.2 Å². The molecule has 1 N–H and O–H groups in total. The summed E-state index contributed by atoms with van der Waals surface area (Å²) in [7, 11) is -3.67. The van der Waals surface area contributed by atoms with Gasteiger partial charge in [0.25, 0.3) is 10.0 Å². The smallest absolute Gasteiger partial charge is 0.263 e. The number of nitrogens with zero attached hydrogens (tertiary/aromatic N) is 3. The van der Waals surface area contributed by atoms with Gasteiger partial charge in [-0.2, -0.15) is 0 Å². The van der Waals surface area contributed by atoms with Crippen LogP contribution in [0, 0.1) is 0 Å². The van der Waals surface area contributed by atoms with Crippen molar-refractivity contribution in [2.24, 2.45) is 0 Å². The van der Waals surface area contributed by atoms with Gasteiger partial charge in [-0.1, -0.05) is 12.1 Å². The molecule has 0 radical (unpaired) electrons. The van der Waals surface area contributed by atoms with Gasteiger partial charge in [0, 0.05) is 17.6 Å². The van der Waals surface area contributed by atoms with Crippen LogP contribution in [0.1, 0.15) is 12.8 Å². The minimum atomic E-state index is -3.67. The van der Waals surface area contributed by atoms with Crippen LogP contribution in [0.4, 0.5) is 11.6 Å². The van der Waals surface area contributed by atoms with E-state index in [4.69, 9.17) is 0 Å². The van der Waals surface area contributed by atoms with Crippen LogP contribution in [0.25, 0.3) is 0 Å². The maximum atomic E-state index is 12.4. The van der Waals surface area contributed by atoms with E-state index in [1.807, 2.05) is 0 Å². The van der Waals surface area contributed by atoms with Gasteiger partial charge in [-0.05, 0) is 40.9 Å². The van der Waals surface area contributed by atoms with E-state index in [0.717, 1.165) is 25.9 Å². The molecule has 0 aliphatic carbocycles. The molecule has 0 amide bonds. The molecule has 22 heavy (non-hydrogen) atoms. The van der Waals surface area contributed by atoms with Crippen molar-refractivity contribution in [3.05, 3.63) is 41.1 Å². The Morgan fingerprint density at radius 2 is 1.73 bits per heavy atom. The van der Waals surface area contributed by atoms with E-state index in [2.05, 4.69) is 35.5 Å². The number of nitrogens with one attached hydrogen (secondary N) is 1. The highest BCUT2D eigenvalue weighted by Crippen LogP contribution is 2.24. The summed E-state index contributed by atoms with van der Waals surface area (Å²) in [6.07, 6.45) is 5.27. The summed E-state index contributed by atoms with van der Waals surface area (Å²) in [5.74, 6) is 0.640. The highest BCUT2D eigenvalue weighted by atomic mass is 79.9. The van der Waals surface area contributed by atoms with Gasteiger partial charge in [-0.3, -0.25) is 4.72 Å². The molecule has 8 heteroatoms. The fraction of sp³-hybridized carbons (Fsp3) is 0.286. The zero-order chi connectivity index (χ0) is 15.6. The quantitative estimate of drug-likeness (QED) is 0.879. The maximum absolute atomic E-state index is 12.4. The van der Waals surface area contributed by atoms with Crippen molar-refractivity contribution in [3.8, 4) is 0 Å². The lowest BCUT2D eigenvalue weighted by Gasteiger charge is -2.15. The Morgan fingerprint density at radius 3 is 2.36 bits per heavy atom. The van der Waals surface area contributed by atoms with Crippen LogP contribution in [-0.2, 0) is 10.0 Å². The number of rotatable bonds is 4. The molecule has 1 saturated heterocycles. The molecule has 0 bridgehead atoms. The van der Waals surface area contributed by atoms with Crippen LogP contribution >= 0.6 is 15.9 Å². The lowest BCUT2D eigenvalue weighted by Crippen LogP contribution is -2.20. The van der Waals surface area contributed by atoms with Gasteiger partial charge in [0.1, 0.15) is 4.90 Å². The first kappa shape index (κ1) is 15.2. The molecular formula is C14H15BrN4O2S. The number of anilines is 2. The Balaban J connectivity index is 1.79. The second-order valence-corrected chi connectivity index (χ2v) is 7.51. The Hall–Kier alpha value is -1.67. The van der Waals surface area contributed by atoms with Gasteiger partial charge in [-0.25, -0.2) is 18.4 Å². The minimum absolute atomic E-state index is 0.179. The van der Waals surface area contributed by atoms with Crippen molar-refractivity contribution in [1.82, 2.24) is 9.97 Å². The molecule has 1 aliphatic heterocycles. The molecule has 116 valence electrons. The lowest BCUT2D eigenvalue weighted by atomic mass is 10.4. The molecule has 0 saturated carbocycles. The van der Waals surface area contributed by atoms with Crippen molar-refractivity contribution in [3.63, 3.8) is 0 Å². The second-order valence-electron chi connectivity index (χ2n) is 5.00. The van der Waals surface area contributed by atoms with Crippen molar-refractivity contribution in [1.29, 1.82) is 0 Å². The van der Waals surface area contributed by atoms with Gasteiger partial charge >= 0.3 is 0 Å². The molecule has 2 heterocycles. The number of aromatic nitrogens is 2. The Morgan fingerprint density at radius 1 is 1.09 bits per heavy atom. The molecule has 1 aliphatic rings. The predicted molar refractivity (Wildman–Crippen MR) is 88.4 cm³/mol. The average molecular weight is 383 g/mol. The van der Waals surface area contributed by atoms with Gasteiger partial charge in [-0.15, -0.1) is 0 Å². The molecule has 1 aromatic carbocycles. The fourth-order valence-electron chi connectivity index (χ4n) is 2.33. The number of hydrogen-bond acceptors (Lipinski definition) is 5. The predicted octanol–water partition coefficient (Wildman–Crippen LogP) is 2.64. The van der Waals surface area contributed by atoms with Crippen molar-refractivity contribution in [2.45, 2.75) is 17.7 Å². The summed E-state index contributed by atoms with van der Waals surface area (Å²) in [4.78, 5) is 10.7. The number of halogens is 1. The third kappa shape index (κ3) is 3.22. The van der Waals surface area contributed by atoms with E-state index in [1.54, 1.807) is 18.2 Å². The van der Waals surface area contributed by atoms with Gasteiger partial charge in [0.15, 0.2) is 0 Å². The molecule has 3 rings (SSSR count). The molecule has 0 spiro atoms. The number of hydrogen-bond donors (Lipinski definition) is 1. The molecule has 1 aromatic heterocycles. The van der Waals surface area contributed by atoms with Crippen LogP contribution in [0.2, 0.25) is 0 Å². The zero-order valence-electron chi connectivity index (χ0n) is 11.7. The first-order valence-electron chi connectivity index (χ1n) is 6.90. The summed E-state index contributed by atoms with van der Waals surface area (Å²) in [6, 6.07) is 6.65. The van der Waals surface area contributed by atoms with Crippen LogP contribution in [0.5, 0.6) is 0 Å². The van der Waals surface area contributed by atoms with E-state index >= 15 is 0 Å². The molecular weight excluding hydrogens is 368 g/mol. The maximum Gasteiger partial charge on any atom is 0.263 e. The van der Waals surface area contributed by atoms with E-state index in [9.17, 15) is 8.42 Å². The summed E-state index contributed by atoms with van der Waals surface area (Å²) in [5.41, 5.74) is 0.346. The van der Waals surface area contributed by atoms with Gasteiger partial charge in [0.2, 0.25) is 5.95 Å². The highest BCUT2D eigenvalue weighted by Gasteiger charge is 2.18. The summed E-state index contributed by atoms with van der Waals surface area (Å²) < 4.78 is 27.7. The monoisotopic (exact) mass is 382 g/mol. The number of sulfonamides is 1. The van der Waals surface area contributed by atoms with E-state index in [0.29, 0.717) is 16.1 Å². The first-order valence-corrected chi connectivity index (χ1v) is 9.18. The summed E-state index contributed by atoms with van der Waals surface area (Å²) >= 11 is 3.24. The summed E-state index contributed by atoms with van der Waals surface area (Å²) in [5, 5.41) is 0. The van der Waals surface area contributed by atoms with Crippen LogP contribution in [0.3, 0.4) is 0 Å². The fourth-order valence-corrected chi connectivity index (χ4v) is 4.36. The average Bonchev–Trinajstić information content (AvgIpc) is 3.02.